The summed E-state index contributed by atoms with van der Waals surface area (Å²) in [6.45, 7) is 3.80. The fraction of sp³-hybridized carbons (Fsp3) is 0.556. The lowest BCUT2D eigenvalue weighted by Gasteiger charge is -2.37. The second-order valence-corrected chi connectivity index (χ2v) is 6.29. The van der Waals surface area contributed by atoms with Crippen LogP contribution in [0.15, 0.2) is 18.2 Å². The van der Waals surface area contributed by atoms with Gasteiger partial charge in [0, 0.05) is 5.56 Å². The maximum Gasteiger partial charge on any atom is 0.314 e. The Morgan fingerprint density at radius 1 is 1.18 bits per heavy atom. The number of aliphatic hydroxyl groups is 1. The number of aliphatic hydroxyl groups excluding tert-OH is 1. The highest BCUT2D eigenvalue weighted by Crippen LogP contribution is 2.41. The SMILES string of the molecule is COC(=O)C1([C@H](O)C(=O)c2ccc(C)cc2C)CCCCC1. The Balaban J connectivity index is 2.35. The Morgan fingerprint density at radius 3 is 2.36 bits per heavy atom. The number of esters is 1. The topological polar surface area (TPSA) is 63.6 Å². The Labute approximate surface area is 131 Å². The van der Waals surface area contributed by atoms with Gasteiger partial charge in [-0.1, -0.05) is 43.0 Å². The molecule has 1 aliphatic carbocycles. The standard InChI is InChI=1S/C18H24O4/c1-12-7-8-14(13(2)11-12)15(19)16(20)18(17(21)22-3)9-5-4-6-10-18/h7-8,11,16,20H,4-6,9-10H2,1-3H3/t16-/m1/s1. The minimum atomic E-state index is -1.35. The van der Waals surface area contributed by atoms with Crippen LogP contribution in [0.3, 0.4) is 0 Å². The molecule has 1 N–H and O–H groups in total. The van der Waals surface area contributed by atoms with Crippen molar-refractivity contribution < 1.29 is 19.4 Å². The lowest BCUT2D eigenvalue weighted by atomic mass is 9.68. The molecule has 1 atom stereocenters. The highest BCUT2D eigenvalue weighted by molar-refractivity contribution is 6.03. The predicted octanol–water partition coefficient (Wildman–Crippen LogP) is 2.97. The van der Waals surface area contributed by atoms with E-state index in [0.29, 0.717) is 18.4 Å². The number of benzene rings is 1. The second-order valence-electron chi connectivity index (χ2n) is 6.29. The first-order valence-electron chi connectivity index (χ1n) is 7.80. The molecule has 4 heteroatoms. The van der Waals surface area contributed by atoms with E-state index in [-0.39, 0.29) is 5.78 Å². The number of methoxy groups -OCH3 is 1. The van der Waals surface area contributed by atoms with Crippen molar-refractivity contribution in [2.24, 2.45) is 5.41 Å². The Morgan fingerprint density at radius 2 is 1.82 bits per heavy atom. The third kappa shape index (κ3) is 2.93. The molecular formula is C18H24O4. The van der Waals surface area contributed by atoms with Crippen molar-refractivity contribution in [2.75, 3.05) is 7.11 Å². The Kier molecular flexibility index (Phi) is 5.01. The molecule has 0 saturated heterocycles. The lowest BCUT2D eigenvalue weighted by Crippen LogP contribution is -2.48. The smallest absolute Gasteiger partial charge is 0.314 e. The number of ketones is 1. The third-order valence-corrected chi connectivity index (χ3v) is 4.76. The molecule has 1 aromatic carbocycles. The lowest BCUT2D eigenvalue weighted by molar-refractivity contribution is -0.161. The molecule has 0 heterocycles. The predicted molar refractivity (Wildman–Crippen MR) is 83.8 cm³/mol. The van der Waals surface area contributed by atoms with Crippen LogP contribution in [-0.4, -0.2) is 30.1 Å². The second kappa shape index (κ2) is 6.61. The van der Waals surface area contributed by atoms with E-state index in [1.807, 2.05) is 26.0 Å². The van der Waals surface area contributed by atoms with E-state index in [4.69, 9.17) is 4.74 Å². The first-order valence-corrected chi connectivity index (χ1v) is 7.80. The van der Waals surface area contributed by atoms with Crippen molar-refractivity contribution in [2.45, 2.75) is 52.1 Å². The number of ether oxygens (including phenoxy) is 1. The summed E-state index contributed by atoms with van der Waals surface area (Å²) in [5, 5.41) is 10.7. The van der Waals surface area contributed by atoms with Gasteiger partial charge in [0.25, 0.3) is 0 Å². The molecule has 0 unspecified atom stereocenters. The van der Waals surface area contributed by atoms with Crippen molar-refractivity contribution >= 4 is 11.8 Å². The van der Waals surface area contributed by atoms with Gasteiger partial charge in [0.2, 0.25) is 0 Å². The largest absolute Gasteiger partial charge is 0.469 e. The number of hydrogen-bond donors (Lipinski definition) is 1. The minimum Gasteiger partial charge on any atom is -0.469 e. The summed E-state index contributed by atoms with van der Waals surface area (Å²) < 4.78 is 4.90. The number of aryl methyl sites for hydroxylation is 2. The van der Waals surface area contributed by atoms with Crippen LogP contribution in [0.5, 0.6) is 0 Å². The average molecular weight is 304 g/mol. The number of carbonyl (C=O) groups is 2. The van der Waals surface area contributed by atoms with Crippen LogP contribution >= 0.6 is 0 Å². The summed E-state index contributed by atoms with van der Waals surface area (Å²) in [7, 11) is 1.31. The normalized spacial score (nSPS) is 18.5. The highest BCUT2D eigenvalue weighted by Gasteiger charge is 2.50. The van der Waals surface area contributed by atoms with E-state index in [1.165, 1.54) is 7.11 Å². The summed E-state index contributed by atoms with van der Waals surface area (Å²) in [4.78, 5) is 25.0. The molecule has 0 amide bonds. The van der Waals surface area contributed by atoms with Gasteiger partial charge in [-0.25, -0.2) is 0 Å². The molecule has 1 saturated carbocycles. The third-order valence-electron chi connectivity index (χ3n) is 4.76. The maximum absolute atomic E-state index is 12.7. The molecule has 1 aliphatic rings. The van der Waals surface area contributed by atoms with Gasteiger partial charge in [0.05, 0.1) is 7.11 Å². The van der Waals surface area contributed by atoms with E-state index >= 15 is 0 Å². The van der Waals surface area contributed by atoms with Gasteiger partial charge in [-0.05, 0) is 32.3 Å². The Hall–Kier alpha value is -1.68. The van der Waals surface area contributed by atoms with Crippen LogP contribution in [0, 0.1) is 19.3 Å². The van der Waals surface area contributed by atoms with E-state index in [2.05, 4.69) is 0 Å². The van der Waals surface area contributed by atoms with Crippen LogP contribution in [0.25, 0.3) is 0 Å². The quantitative estimate of drug-likeness (QED) is 0.686. The van der Waals surface area contributed by atoms with E-state index < -0.39 is 17.5 Å². The van der Waals surface area contributed by atoms with Gasteiger partial charge in [0.15, 0.2) is 5.78 Å². The average Bonchev–Trinajstić information content (AvgIpc) is 2.53. The van der Waals surface area contributed by atoms with Gasteiger partial charge in [-0.15, -0.1) is 0 Å². The van der Waals surface area contributed by atoms with Crippen LogP contribution in [0.4, 0.5) is 0 Å². The molecule has 4 nitrogen and oxygen atoms in total. The number of hydrogen-bond acceptors (Lipinski definition) is 4. The van der Waals surface area contributed by atoms with Crippen LogP contribution in [0.1, 0.15) is 53.6 Å². The molecule has 0 aromatic heterocycles. The Bertz CT molecular complexity index is 570. The van der Waals surface area contributed by atoms with Crippen molar-refractivity contribution in [3.8, 4) is 0 Å². The number of rotatable bonds is 4. The van der Waals surface area contributed by atoms with Gasteiger partial charge in [-0.2, -0.15) is 0 Å². The maximum atomic E-state index is 12.7. The summed E-state index contributed by atoms with van der Waals surface area (Å²) in [5.74, 6) is -0.859. The zero-order chi connectivity index (χ0) is 16.3. The van der Waals surface area contributed by atoms with Crippen LogP contribution in [0.2, 0.25) is 0 Å². The van der Waals surface area contributed by atoms with E-state index in [0.717, 1.165) is 30.4 Å². The van der Waals surface area contributed by atoms with Crippen molar-refractivity contribution in [1.29, 1.82) is 0 Å². The molecular weight excluding hydrogens is 280 g/mol. The zero-order valence-corrected chi connectivity index (χ0v) is 13.5. The number of carbonyl (C=O) groups excluding carboxylic acids is 2. The van der Waals surface area contributed by atoms with Crippen molar-refractivity contribution in [3.05, 3.63) is 34.9 Å². The molecule has 0 radical (unpaired) electrons. The summed E-state index contributed by atoms with van der Waals surface area (Å²) in [6, 6.07) is 5.48. The molecule has 1 fully saturated rings. The summed E-state index contributed by atoms with van der Waals surface area (Å²) >= 11 is 0. The van der Waals surface area contributed by atoms with E-state index in [1.54, 1.807) is 6.07 Å². The minimum absolute atomic E-state index is 0.384. The number of Topliss-reactive ketones (excluding diaryl/α,β-unsaturated/α-hetero) is 1. The fourth-order valence-corrected chi connectivity index (χ4v) is 3.46. The van der Waals surface area contributed by atoms with Gasteiger partial charge in [-0.3, -0.25) is 9.59 Å². The molecule has 1 aromatic rings. The molecule has 0 bridgehead atoms. The molecule has 120 valence electrons. The molecule has 22 heavy (non-hydrogen) atoms. The van der Waals surface area contributed by atoms with E-state index in [9.17, 15) is 14.7 Å². The van der Waals surface area contributed by atoms with Crippen LogP contribution < -0.4 is 0 Å². The summed E-state index contributed by atoms with van der Waals surface area (Å²) in [5.41, 5.74) is 1.26. The fourth-order valence-electron chi connectivity index (χ4n) is 3.46. The first-order chi connectivity index (χ1) is 10.4. The highest BCUT2D eigenvalue weighted by atomic mass is 16.5. The monoisotopic (exact) mass is 304 g/mol. The molecule has 2 rings (SSSR count). The van der Waals surface area contributed by atoms with Crippen molar-refractivity contribution in [3.63, 3.8) is 0 Å². The molecule has 0 spiro atoms. The molecule has 0 aliphatic heterocycles. The first kappa shape index (κ1) is 16.7. The van der Waals surface area contributed by atoms with Crippen molar-refractivity contribution in [1.82, 2.24) is 0 Å². The zero-order valence-electron chi connectivity index (χ0n) is 13.5. The van der Waals surface area contributed by atoms with Gasteiger partial charge >= 0.3 is 5.97 Å². The summed E-state index contributed by atoms with van der Waals surface area (Å²) in [6.07, 6.45) is 2.32. The van der Waals surface area contributed by atoms with Gasteiger partial charge in [0.1, 0.15) is 11.5 Å². The van der Waals surface area contributed by atoms with Crippen LogP contribution in [-0.2, 0) is 9.53 Å². The van der Waals surface area contributed by atoms with Gasteiger partial charge < -0.3 is 9.84 Å².